The van der Waals surface area contributed by atoms with Crippen molar-refractivity contribution < 1.29 is 19.1 Å². The average molecular weight is 280 g/mol. The number of amides is 1. The second-order valence-corrected chi connectivity index (χ2v) is 5.11. The molecule has 0 atom stereocenters. The lowest BCUT2D eigenvalue weighted by Crippen LogP contribution is -2.58. The molecule has 1 aromatic carbocycles. The van der Waals surface area contributed by atoms with Crippen LogP contribution in [0.1, 0.15) is 24.8 Å². The first-order valence-corrected chi connectivity index (χ1v) is 6.47. The van der Waals surface area contributed by atoms with Crippen molar-refractivity contribution in [3.05, 3.63) is 29.6 Å². The van der Waals surface area contributed by atoms with Crippen LogP contribution in [0.3, 0.4) is 0 Å². The molecule has 0 heterocycles. The molecule has 1 fully saturated rings. The van der Waals surface area contributed by atoms with Gasteiger partial charge in [-0.1, -0.05) is 6.07 Å². The van der Waals surface area contributed by atoms with Crippen molar-refractivity contribution >= 4 is 17.6 Å². The molecule has 0 bridgehead atoms. The molecule has 0 radical (unpaired) electrons. The Morgan fingerprint density at radius 2 is 2.10 bits per heavy atom. The Morgan fingerprint density at radius 3 is 2.60 bits per heavy atom. The molecule has 3 N–H and O–H groups in total. The van der Waals surface area contributed by atoms with Crippen LogP contribution >= 0.6 is 0 Å². The van der Waals surface area contributed by atoms with Crippen LogP contribution in [0.5, 0.6) is 0 Å². The van der Waals surface area contributed by atoms with E-state index in [2.05, 4.69) is 10.6 Å². The summed E-state index contributed by atoms with van der Waals surface area (Å²) >= 11 is 0. The van der Waals surface area contributed by atoms with Crippen molar-refractivity contribution in [1.82, 2.24) is 5.32 Å². The van der Waals surface area contributed by atoms with Crippen molar-refractivity contribution in [2.75, 3.05) is 11.9 Å². The highest BCUT2D eigenvalue weighted by Crippen LogP contribution is 2.31. The summed E-state index contributed by atoms with van der Waals surface area (Å²) in [6, 6.07) is 4.42. The Labute approximate surface area is 116 Å². The first-order valence-electron chi connectivity index (χ1n) is 6.47. The third kappa shape index (κ3) is 2.96. The lowest BCUT2D eigenvalue weighted by atomic mass is 9.77. The molecule has 1 saturated carbocycles. The number of benzene rings is 1. The third-order valence-corrected chi connectivity index (χ3v) is 3.66. The lowest BCUT2D eigenvalue weighted by Gasteiger charge is -2.38. The van der Waals surface area contributed by atoms with Gasteiger partial charge in [0.15, 0.2) is 0 Å². The summed E-state index contributed by atoms with van der Waals surface area (Å²) < 4.78 is 13.3. The fraction of sp³-hybridized carbons (Fsp3) is 0.429. The SMILES string of the molecule is Cc1ccc(NC(=O)CNC2(C(=O)O)CCC2)cc1F. The van der Waals surface area contributed by atoms with Gasteiger partial charge in [0.25, 0.3) is 0 Å². The molecule has 0 aromatic heterocycles. The standard InChI is InChI=1S/C14H17FN2O3/c1-9-3-4-10(7-11(9)15)17-12(18)8-16-14(13(19)20)5-2-6-14/h3-4,7,16H,2,5-6,8H2,1H3,(H,17,18)(H,19,20). The number of aryl methyl sites for hydroxylation is 1. The van der Waals surface area contributed by atoms with Crippen molar-refractivity contribution in [2.45, 2.75) is 31.7 Å². The summed E-state index contributed by atoms with van der Waals surface area (Å²) in [5.74, 6) is -1.71. The van der Waals surface area contributed by atoms with Gasteiger partial charge >= 0.3 is 5.97 Å². The summed E-state index contributed by atoms with van der Waals surface area (Å²) in [6.07, 6.45) is 1.88. The molecule has 2 rings (SSSR count). The van der Waals surface area contributed by atoms with Crippen LogP contribution in [0.4, 0.5) is 10.1 Å². The normalized spacial score (nSPS) is 16.3. The Hall–Kier alpha value is -1.95. The quantitative estimate of drug-likeness (QED) is 0.766. The van der Waals surface area contributed by atoms with Gasteiger partial charge in [0.2, 0.25) is 5.91 Å². The van der Waals surface area contributed by atoms with E-state index in [0.29, 0.717) is 24.1 Å². The number of nitrogens with one attached hydrogen (secondary N) is 2. The van der Waals surface area contributed by atoms with E-state index in [4.69, 9.17) is 5.11 Å². The number of carboxylic acid groups (broad SMARTS) is 1. The molecule has 6 heteroatoms. The maximum atomic E-state index is 13.3. The molecule has 0 spiro atoms. The van der Waals surface area contributed by atoms with Gasteiger partial charge in [-0.25, -0.2) is 4.39 Å². The summed E-state index contributed by atoms with van der Waals surface area (Å²) in [7, 11) is 0. The summed E-state index contributed by atoms with van der Waals surface area (Å²) in [5.41, 5.74) is -0.117. The van der Waals surface area contributed by atoms with Crippen LogP contribution in [0.25, 0.3) is 0 Å². The summed E-state index contributed by atoms with van der Waals surface area (Å²) in [5, 5.41) is 14.4. The number of aliphatic carboxylic acids is 1. The van der Waals surface area contributed by atoms with Crippen molar-refractivity contribution in [3.63, 3.8) is 0 Å². The number of hydrogen-bond acceptors (Lipinski definition) is 3. The van der Waals surface area contributed by atoms with Crippen LogP contribution in [0.15, 0.2) is 18.2 Å². The van der Waals surface area contributed by atoms with Crippen LogP contribution in [0, 0.1) is 12.7 Å². The zero-order chi connectivity index (χ0) is 14.8. The minimum atomic E-state index is -0.976. The molecule has 1 aromatic rings. The van der Waals surface area contributed by atoms with E-state index >= 15 is 0 Å². The first-order chi connectivity index (χ1) is 9.43. The monoisotopic (exact) mass is 280 g/mol. The second kappa shape index (κ2) is 5.58. The minimum Gasteiger partial charge on any atom is -0.480 e. The number of rotatable bonds is 5. The molecule has 0 aliphatic heterocycles. The fourth-order valence-electron chi connectivity index (χ4n) is 2.12. The molecule has 1 amide bonds. The van der Waals surface area contributed by atoms with Gasteiger partial charge in [0.05, 0.1) is 6.54 Å². The number of carbonyl (C=O) groups is 2. The molecule has 0 unspecified atom stereocenters. The number of carbonyl (C=O) groups excluding carboxylic acids is 1. The number of anilines is 1. The Bertz CT molecular complexity index is 541. The fourth-order valence-corrected chi connectivity index (χ4v) is 2.12. The van der Waals surface area contributed by atoms with Crippen molar-refractivity contribution in [3.8, 4) is 0 Å². The van der Waals surface area contributed by atoms with E-state index in [1.807, 2.05) is 0 Å². The van der Waals surface area contributed by atoms with Gasteiger partial charge in [-0.15, -0.1) is 0 Å². The smallest absolute Gasteiger partial charge is 0.323 e. The molecule has 5 nitrogen and oxygen atoms in total. The lowest BCUT2D eigenvalue weighted by molar-refractivity contribution is -0.148. The molecule has 1 aliphatic rings. The van der Waals surface area contributed by atoms with Crippen LogP contribution < -0.4 is 10.6 Å². The second-order valence-electron chi connectivity index (χ2n) is 5.11. The van der Waals surface area contributed by atoms with Gasteiger partial charge in [0.1, 0.15) is 11.4 Å². The molecule has 0 saturated heterocycles. The zero-order valence-corrected chi connectivity index (χ0v) is 11.2. The van der Waals surface area contributed by atoms with Gasteiger partial charge in [-0.3, -0.25) is 14.9 Å². The van der Waals surface area contributed by atoms with E-state index < -0.39 is 17.3 Å². The van der Waals surface area contributed by atoms with E-state index in [1.165, 1.54) is 6.07 Å². The van der Waals surface area contributed by atoms with Crippen molar-refractivity contribution in [1.29, 1.82) is 0 Å². The van der Waals surface area contributed by atoms with E-state index in [9.17, 15) is 14.0 Å². The van der Waals surface area contributed by atoms with Gasteiger partial charge in [-0.2, -0.15) is 0 Å². The minimum absolute atomic E-state index is 0.109. The molecule has 20 heavy (non-hydrogen) atoms. The Morgan fingerprint density at radius 1 is 1.40 bits per heavy atom. The summed E-state index contributed by atoms with van der Waals surface area (Å²) in [4.78, 5) is 22.8. The first kappa shape index (κ1) is 14.5. The number of hydrogen-bond donors (Lipinski definition) is 3. The topological polar surface area (TPSA) is 78.4 Å². The largest absolute Gasteiger partial charge is 0.480 e. The number of carboxylic acids is 1. The highest BCUT2D eigenvalue weighted by molar-refractivity contribution is 5.93. The van der Waals surface area contributed by atoms with Gasteiger partial charge in [-0.05, 0) is 43.9 Å². The molecular formula is C14H17FN2O3. The van der Waals surface area contributed by atoms with E-state index in [-0.39, 0.29) is 12.5 Å². The summed E-state index contributed by atoms with van der Waals surface area (Å²) in [6.45, 7) is 1.53. The Balaban J connectivity index is 1.89. The van der Waals surface area contributed by atoms with E-state index in [0.717, 1.165) is 6.42 Å². The van der Waals surface area contributed by atoms with Gasteiger partial charge in [0, 0.05) is 5.69 Å². The maximum absolute atomic E-state index is 13.3. The number of halogens is 1. The maximum Gasteiger partial charge on any atom is 0.323 e. The molecule has 108 valence electrons. The van der Waals surface area contributed by atoms with E-state index in [1.54, 1.807) is 19.1 Å². The molecule has 1 aliphatic carbocycles. The molecular weight excluding hydrogens is 263 g/mol. The van der Waals surface area contributed by atoms with Crippen LogP contribution in [-0.2, 0) is 9.59 Å². The van der Waals surface area contributed by atoms with Crippen LogP contribution in [0.2, 0.25) is 0 Å². The highest BCUT2D eigenvalue weighted by Gasteiger charge is 2.44. The predicted octanol–water partition coefficient (Wildman–Crippen LogP) is 1.67. The van der Waals surface area contributed by atoms with Crippen LogP contribution in [-0.4, -0.2) is 29.1 Å². The average Bonchev–Trinajstić information content (AvgIpc) is 2.32. The van der Waals surface area contributed by atoms with Gasteiger partial charge < -0.3 is 10.4 Å². The zero-order valence-electron chi connectivity index (χ0n) is 11.2. The third-order valence-electron chi connectivity index (χ3n) is 3.66. The predicted molar refractivity (Wildman–Crippen MR) is 72.0 cm³/mol. The highest BCUT2D eigenvalue weighted by atomic mass is 19.1. The van der Waals surface area contributed by atoms with Crippen molar-refractivity contribution in [2.24, 2.45) is 0 Å². The Kier molecular flexibility index (Phi) is 4.04.